The van der Waals surface area contributed by atoms with Crippen molar-refractivity contribution >= 4 is 23.4 Å². The van der Waals surface area contributed by atoms with E-state index in [1.165, 1.54) is 0 Å². The first kappa shape index (κ1) is 18.1. The second kappa shape index (κ2) is 8.15. The van der Waals surface area contributed by atoms with Crippen LogP contribution in [0.15, 0.2) is 77.7 Å². The number of anilines is 1. The Morgan fingerprint density at radius 2 is 1.65 bits per heavy atom. The van der Waals surface area contributed by atoms with Crippen LogP contribution in [-0.4, -0.2) is 11.2 Å². The van der Waals surface area contributed by atoms with Crippen LogP contribution in [0.25, 0.3) is 11.1 Å². The molecule has 3 aromatic rings. The summed E-state index contributed by atoms with van der Waals surface area (Å²) in [6.07, 6.45) is 0. The summed E-state index contributed by atoms with van der Waals surface area (Å²) in [6, 6.07) is 20.4. The highest BCUT2D eigenvalue weighted by Crippen LogP contribution is 2.30. The summed E-state index contributed by atoms with van der Waals surface area (Å²) in [4.78, 5) is 12.7. The normalized spacial score (nSPS) is 11.8. The van der Waals surface area contributed by atoms with Gasteiger partial charge in [-0.25, -0.2) is 8.78 Å². The molecule has 2 nitrogen and oxygen atoms in total. The third-order valence-electron chi connectivity index (χ3n) is 3.84. The average molecular weight is 369 g/mol. The van der Waals surface area contributed by atoms with Crippen molar-refractivity contribution in [2.45, 2.75) is 17.1 Å². The van der Waals surface area contributed by atoms with Crippen LogP contribution in [0, 0.1) is 11.6 Å². The van der Waals surface area contributed by atoms with Crippen LogP contribution in [0.1, 0.15) is 6.92 Å². The van der Waals surface area contributed by atoms with Crippen LogP contribution in [-0.2, 0) is 4.79 Å². The first-order valence-electron chi connectivity index (χ1n) is 8.11. The SMILES string of the molecule is C[C@@H](Sc1cc(F)ccc1F)C(=O)Nc1ccccc1-c1ccccc1. The van der Waals surface area contributed by atoms with E-state index in [2.05, 4.69) is 5.32 Å². The molecule has 3 rings (SSSR count). The number of rotatable bonds is 5. The molecule has 0 aliphatic rings. The van der Waals surface area contributed by atoms with E-state index in [9.17, 15) is 13.6 Å². The highest BCUT2D eigenvalue weighted by Gasteiger charge is 2.18. The summed E-state index contributed by atoms with van der Waals surface area (Å²) in [5.74, 6) is -1.35. The zero-order valence-corrected chi connectivity index (χ0v) is 14.9. The molecule has 0 radical (unpaired) electrons. The third-order valence-corrected chi connectivity index (χ3v) is 4.97. The lowest BCUT2D eigenvalue weighted by atomic mass is 10.0. The number of hydrogen-bond acceptors (Lipinski definition) is 2. The number of para-hydroxylation sites is 1. The molecule has 0 fully saturated rings. The number of hydrogen-bond donors (Lipinski definition) is 1. The zero-order chi connectivity index (χ0) is 18.5. The average Bonchev–Trinajstić information content (AvgIpc) is 2.66. The van der Waals surface area contributed by atoms with Crippen LogP contribution in [0.3, 0.4) is 0 Å². The van der Waals surface area contributed by atoms with Crippen molar-refractivity contribution in [3.63, 3.8) is 0 Å². The lowest BCUT2D eigenvalue weighted by molar-refractivity contribution is -0.115. The standard InChI is InChI=1S/C21H17F2NOS/c1-14(26-20-13-16(22)11-12-18(20)23)21(25)24-19-10-6-5-9-17(19)15-7-3-2-4-8-15/h2-14H,1H3,(H,24,25)/t14-/m1/s1. The fourth-order valence-electron chi connectivity index (χ4n) is 2.51. The van der Waals surface area contributed by atoms with Crippen LogP contribution >= 0.6 is 11.8 Å². The fourth-order valence-corrected chi connectivity index (χ4v) is 3.42. The number of thioether (sulfide) groups is 1. The molecule has 0 aliphatic heterocycles. The molecular weight excluding hydrogens is 352 g/mol. The van der Waals surface area contributed by atoms with Gasteiger partial charge in [-0.2, -0.15) is 0 Å². The summed E-state index contributed by atoms with van der Waals surface area (Å²) in [6.45, 7) is 1.66. The van der Waals surface area contributed by atoms with Crippen LogP contribution in [0.2, 0.25) is 0 Å². The van der Waals surface area contributed by atoms with Crippen molar-refractivity contribution in [3.05, 3.63) is 84.4 Å². The molecule has 0 aliphatic carbocycles. The largest absolute Gasteiger partial charge is 0.325 e. The molecule has 0 heterocycles. The molecule has 132 valence electrons. The van der Waals surface area contributed by atoms with Crippen molar-refractivity contribution in [1.82, 2.24) is 0 Å². The Kier molecular flexibility index (Phi) is 5.68. The molecule has 0 bridgehead atoms. The lowest BCUT2D eigenvalue weighted by Crippen LogP contribution is -2.22. The smallest absolute Gasteiger partial charge is 0.237 e. The van der Waals surface area contributed by atoms with E-state index < -0.39 is 16.9 Å². The Morgan fingerprint density at radius 1 is 0.962 bits per heavy atom. The van der Waals surface area contributed by atoms with Gasteiger partial charge in [-0.05, 0) is 36.8 Å². The van der Waals surface area contributed by atoms with Gasteiger partial charge in [0.05, 0.1) is 5.25 Å². The van der Waals surface area contributed by atoms with E-state index in [1.807, 2.05) is 54.6 Å². The van der Waals surface area contributed by atoms with Gasteiger partial charge in [0.1, 0.15) is 11.6 Å². The minimum absolute atomic E-state index is 0.115. The number of carbonyl (C=O) groups is 1. The maximum Gasteiger partial charge on any atom is 0.237 e. The van der Waals surface area contributed by atoms with Crippen LogP contribution < -0.4 is 5.32 Å². The highest BCUT2D eigenvalue weighted by molar-refractivity contribution is 8.00. The molecule has 0 aromatic heterocycles. The van der Waals surface area contributed by atoms with Crippen molar-refractivity contribution in [2.24, 2.45) is 0 Å². The summed E-state index contributed by atoms with van der Waals surface area (Å²) in [7, 11) is 0. The number of carbonyl (C=O) groups excluding carboxylic acids is 1. The quantitative estimate of drug-likeness (QED) is 0.580. The molecule has 3 aromatic carbocycles. The van der Waals surface area contributed by atoms with Crippen molar-refractivity contribution in [1.29, 1.82) is 0 Å². The Morgan fingerprint density at radius 3 is 2.42 bits per heavy atom. The monoisotopic (exact) mass is 369 g/mol. The highest BCUT2D eigenvalue weighted by atomic mass is 32.2. The van der Waals surface area contributed by atoms with Crippen LogP contribution in [0.5, 0.6) is 0 Å². The molecule has 26 heavy (non-hydrogen) atoms. The Hall–Kier alpha value is -2.66. The van der Waals surface area contributed by atoms with Gasteiger partial charge in [0.25, 0.3) is 0 Å². The minimum atomic E-state index is -0.588. The summed E-state index contributed by atoms with van der Waals surface area (Å²) >= 11 is 0.986. The van der Waals surface area contributed by atoms with E-state index in [0.717, 1.165) is 41.1 Å². The predicted octanol–water partition coefficient (Wildman–Crippen LogP) is 5.75. The van der Waals surface area contributed by atoms with E-state index in [4.69, 9.17) is 0 Å². The van der Waals surface area contributed by atoms with E-state index in [-0.39, 0.29) is 10.8 Å². The second-order valence-corrected chi connectivity index (χ2v) is 7.12. The molecule has 5 heteroatoms. The van der Waals surface area contributed by atoms with E-state index in [0.29, 0.717) is 5.69 Å². The van der Waals surface area contributed by atoms with Crippen molar-refractivity contribution in [2.75, 3.05) is 5.32 Å². The Labute approximate surface area is 155 Å². The number of amides is 1. The topological polar surface area (TPSA) is 29.1 Å². The van der Waals surface area contributed by atoms with Gasteiger partial charge in [0.2, 0.25) is 5.91 Å². The molecule has 0 unspecified atom stereocenters. The van der Waals surface area contributed by atoms with E-state index in [1.54, 1.807) is 6.92 Å². The minimum Gasteiger partial charge on any atom is -0.325 e. The molecule has 1 N–H and O–H groups in total. The maximum atomic E-state index is 13.8. The van der Waals surface area contributed by atoms with Gasteiger partial charge in [-0.3, -0.25) is 4.79 Å². The van der Waals surface area contributed by atoms with Gasteiger partial charge in [-0.1, -0.05) is 48.5 Å². The van der Waals surface area contributed by atoms with Gasteiger partial charge in [-0.15, -0.1) is 11.8 Å². The van der Waals surface area contributed by atoms with Crippen molar-refractivity contribution in [3.8, 4) is 11.1 Å². The Balaban J connectivity index is 1.77. The summed E-state index contributed by atoms with van der Waals surface area (Å²) in [5.41, 5.74) is 2.56. The van der Waals surface area contributed by atoms with Gasteiger partial charge < -0.3 is 5.32 Å². The molecule has 1 atom stereocenters. The predicted molar refractivity (Wildman–Crippen MR) is 102 cm³/mol. The molecule has 0 saturated carbocycles. The molecule has 1 amide bonds. The Bertz CT molecular complexity index is 915. The summed E-state index contributed by atoms with van der Waals surface area (Å²) in [5, 5.41) is 2.30. The van der Waals surface area contributed by atoms with Crippen molar-refractivity contribution < 1.29 is 13.6 Å². The first-order valence-corrected chi connectivity index (χ1v) is 8.99. The molecular formula is C21H17F2NOS. The number of benzene rings is 3. The van der Waals surface area contributed by atoms with Gasteiger partial charge >= 0.3 is 0 Å². The van der Waals surface area contributed by atoms with Gasteiger partial charge in [0, 0.05) is 16.1 Å². The third kappa shape index (κ3) is 4.29. The molecule has 0 spiro atoms. The van der Waals surface area contributed by atoms with Crippen LogP contribution in [0.4, 0.5) is 14.5 Å². The lowest BCUT2D eigenvalue weighted by Gasteiger charge is -2.15. The first-order chi connectivity index (χ1) is 12.5. The molecule has 0 saturated heterocycles. The fraction of sp³-hybridized carbons (Fsp3) is 0.0952. The number of nitrogens with one attached hydrogen (secondary N) is 1. The van der Waals surface area contributed by atoms with Gasteiger partial charge in [0.15, 0.2) is 0 Å². The van der Waals surface area contributed by atoms with E-state index >= 15 is 0 Å². The number of halogens is 2. The second-order valence-electron chi connectivity index (χ2n) is 5.74. The maximum absolute atomic E-state index is 13.8. The zero-order valence-electron chi connectivity index (χ0n) is 14.1. The summed E-state index contributed by atoms with van der Waals surface area (Å²) < 4.78 is 27.1.